The predicted octanol–water partition coefficient (Wildman–Crippen LogP) is 1.81. The number of aliphatic hydroxyl groups is 1. The molecule has 1 unspecified atom stereocenters. The molecule has 132 valence electrons. The number of hydrogen-bond donors (Lipinski definition) is 1. The zero-order valence-corrected chi connectivity index (χ0v) is 17.1. The summed E-state index contributed by atoms with van der Waals surface area (Å²) in [6, 6.07) is 0. The third-order valence-corrected chi connectivity index (χ3v) is 5.15. The van der Waals surface area contributed by atoms with Crippen molar-refractivity contribution >= 4 is 16.6 Å². The number of aliphatic hydroxyl groups excluding tert-OH is 1. The van der Waals surface area contributed by atoms with Gasteiger partial charge in [-0.25, -0.2) is 0 Å². The summed E-state index contributed by atoms with van der Waals surface area (Å²) in [6.45, 7) is 12.9. The van der Waals surface area contributed by atoms with Crippen LogP contribution in [0.15, 0.2) is 0 Å². The normalized spacial score (nSPS) is 34.0. The standard InChI is InChI=1S/C14H32O6Si2/c1-16-9-10-11(19-21(3,4)5)12(17-2)13(14(15)18-10)20-22(6,7)8/h10-15H,9H2,1-8H3/t10-,11-,12+,13-,14?/m0/s1. The van der Waals surface area contributed by atoms with E-state index in [-0.39, 0.29) is 18.3 Å². The van der Waals surface area contributed by atoms with Crippen LogP contribution < -0.4 is 0 Å². The molecule has 6 nitrogen and oxygen atoms in total. The quantitative estimate of drug-likeness (QED) is 0.705. The Labute approximate surface area is 136 Å². The van der Waals surface area contributed by atoms with Gasteiger partial charge in [0, 0.05) is 14.2 Å². The highest BCUT2D eigenvalue weighted by Gasteiger charge is 2.49. The van der Waals surface area contributed by atoms with Crippen molar-refractivity contribution in [3.63, 3.8) is 0 Å². The maximum absolute atomic E-state index is 10.3. The van der Waals surface area contributed by atoms with Crippen LogP contribution in [0.5, 0.6) is 0 Å². The molecule has 0 aromatic rings. The molecule has 0 radical (unpaired) electrons. The van der Waals surface area contributed by atoms with Gasteiger partial charge in [-0.15, -0.1) is 0 Å². The fraction of sp³-hybridized carbons (Fsp3) is 1.00. The maximum Gasteiger partial charge on any atom is 0.184 e. The molecule has 1 N–H and O–H groups in total. The highest BCUT2D eigenvalue weighted by atomic mass is 28.4. The highest BCUT2D eigenvalue weighted by Crippen LogP contribution is 2.30. The van der Waals surface area contributed by atoms with Gasteiger partial charge in [-0.05, 0) is 39.3 Å². The first kappa shape index (κ1) is 20.2. The van der Waals surface area contributed by atoms with Crippen molar-refractivity contribution < 1.29 is 28.2 Å². The molecule has 0 saturated carbocycles. The lowest BCUT2D eigenvalue weighted by Gasteiger charge is -2.47. The van der Waals surface area contributed by atoms with Crippen molar-refractivity contribution in [2.24, 2.45) is 0 Å². The van der Waals surface area contributed by atoms with Gasteiger partial charge >= 0.3 is 0 Å². The number of methoxy groups -OCH3 is 2. The Hall–Kier alpha value is 0.194. The van der Waals surface area contributed by atoms with Gasteiger partial charge < -0.3 is 28.2 Å². The maximum atomic E-state index is 10.3. The van der Waals surface area contributed by atoms with E-state index in [1.54, 1.807) is 14.2 Å². The molecule has 1 aliphatic heterocycles. The van der Waals surface area contributed by atoms with E-state index in [1.807, 2.05) is 0 Å². The lowest BCUT2D eigenvalue weighted by atomic mass is 9.99. The van der Waals surface area contributed by atoms with E-state index in [2.05, 4.69) is 39.3 Å². The summed E-state index contributed by atoms with van der Waals surface area (Å²) in [6.07, 6.45) is -2.67. The van der Waals surface area contributed by atoms with Gasteiger partial charge in [0.25, 0.3) is 0 Å². The lowest BCUT2D eigenvalue weighted by molar-refractivity contribution is -0.284. The summed E-state index contributed by atoms with van der Waals surface area (Å²) < 4.78 is 29.0. The first-order valence-corrected chi connectivity index (χ1v) is 14.5. The van der Waals surface area contributed by atoms with Crippen LogP contribution in [-0.2, 0) is 23.1 Å². The van der Waals surface area contributed by atoms with Crippen molar-refractivity contribution in [2.75, 3.05) is 20.8 Å². The minimum atomic E-state index is -1.87. The molecule has 1 fully saturated rings. The van der Waals surface area contributed by atoms with E-state index in [9.17, 15) is 5.11 Å². The molecule has 5 atom stereocenters. The van der Waals surface area contributed by atoms with E-state index in [0.29, 0.717) is 6.61 Å². The molecule has 0 aromatic heterocycles. The first-order chi connectivity index (χ1) is 9.98. The Balaban J connectivity index is 3.03. The monoisotopic (exact) mass is 352 g/mol. The van der Waals surface area contributed by atoms with Gasteiger partial charge in [0.15, 0.2) is 22.9 Å². The van der Waals surface area contributed by atoms with Crippen LogP contribution in [0.25, 0.3) is 0 Å². The Morgan fingerprint density at radius 2 is 1.36 bits per heavy atom. The minimum absolute atomic E-state index is 0.318. The van der Waals surface area contributed by atoms with Crippen LogP contribution in [-0.4, -0.2) is 73.3 Å². The second-order valence-electron chi connectivity index (χ2n) is 7.61. The van der Waals surface area contributed by atoms with E-state index in [0.717, 1.165) is 0 Å². The van der Waals surface area contributed by atoms with Gasteiger partial charge in [0.05, 0.1) is 6.61 Å². The summed E-state index contributed by atoms with van der Waals surface area (Å²) in [5, 5.41) is 10.3. The third-order valence-electron chi connectivity index (χ3n) is 3.19. The number of rotatable bonds is 7. The van der Waals surface area contributed by atoms with Crippen molar-refractivity contribution in [1.82, 2.24) is 0 Å². The van der Waals surface area contributed by atoms with Crippen LogP contribution in [0.1, 0.15) is 0 Å². The molecular weight excluding hydrogens is 320 g/mol. The summed E-state index contributed by atoms with van der Waals surface area (Å²) in [7, 11) is -0.470. The molecule has 1 aliphatic rings. The van der Waals surface area contributed by atoms with Crippen molar-refractivity contribution in [3.8, 4) is 0 Å². The van der Waals surface area contributed by atoms with Crippen LogP contribution in [0, 0.1) is 0 Å². The van der Waals surface area contributed by atoms with Gasteiger partial charge in [0.1, 0.15) is 24.4 Å². The SMILES string of the molecule is COC[C@@H]1OC(O)[C@@H](O[Si](C)(C)C)[C@H](OC)[C@H]1O[Si](C)(C)C. The summed E-state index contributed by atoms with van der Waals surface area (Å²) >= 11 is 0. The average Bonchev–Trinajstić information content (AvgIpc) is 2.32. The van der Waals surface area contributed by atoms with Crippen molar-refractivity contribution in [1.29, 1.82) is 0 Å². The van der Waals surface area contributed by atoms with Crippen LogP contribution in [0.4, 0.5) is 0 Å². The topological polar surface area (TPSA) is 66.4 Å². The Morgan fingerprint density at radius 1 is 0.864 bits per heavy atom. The van der Waals surface area contributed by atoms with E-state index < -0.39 is 29.0 Å². The first-order valence-electron chi connectivity index (χ1n) is 7.69. The Bertz CT molecular complexity index is 341. The smallest absolute Gasteiger partial charge is 0.184 e. The zero-order chi connectivity index (χ0) is 17.1. The second-order valence-corrected chi connectivity index (χ2v) is 16.5. The molecule has 8 heteroatoms. The van der Waals surface area contributed by atoms with E-state index >= 15 is 0 Å². The van der Waals surface area contributed by atoms with E-state index in [1.165, 1.54) is 0 Å². The number of ether oxygens (including phenoxy) is 3. The Kier molecular flexibility index (Phi) is 7.22. The molecular formula is C14H32O6Si2. The fourth-order valence-corrected chi connectivity index (χ4v) is 4.72. The molecule has 0 amide bonds. The van der Waals surface area contributed by atoms with Gasteiger partial charge in [-0.2, -0.15) is 0 Å². The molecule has 1 rings (SSSR count). The molecule has 1 saturated heterocycles. The third kappa shape index (κ3) is 6.01. The minimum Gasteiger partial charge on any atom is -0.409 e. The molecule has 1 heterocycles. The zero-order valence-electron chi connectivity index (χ0n) is 15.1. The van der Waals surface area contributed by atoms with Gasteiger partial charge in [-0.3, -0.25) is 0 Å². The lowest BCUT2D eigenvalue weighted by Crippen LogP contribution is -2.64. The molecule has 0 spiro atoms. The van der Waals surface area contributed by atoms with Crippen molar-refractivity contribution in [3.05, 3.63) is 0 Å². The highest BCUT2D eigenvalue weighted by molar-refractivity contribution is 6.70. The largest absolute Gasteiger partial charge is 0.409 e. The number of hydrogen-bond acceptors (Lipinski definition) is 6. The summed E-state index contributed by atoms with van der Waals surface area (Å²) in [5.74, 6) is 0. The van der Waals surface area contributed by atoms with Gasteiger partial charge in [-0.1, -0.05) is 0 Å². The van der Waals surface area contributed by atoms with Crippen molar-refractivity contribution in [2.45, 2.75) is 70.0 Å². The summed E-state index contributed by atoms with van der Waals surface area (Å²) in [4.78, 5) is 0. The fourth-order valence-electron chi connectivity index (χ4n) is 2.55. The Morgan fingerprint density at radius 3 is 1.77 bits per heavy atom. The van der Waals surface area contributed by atoms with Crippen LogP contribution in [0.3, 0.4) is 0 Å². The summed E-state index contributed by atoms with van der Waals surface area (Å²) in [5.41, 5.74) is 0. The van der Waals surface area contributed by atoms with E-state index in [4.69, 9.17) is 23.1 Å². The molecule has 0 aromatic carbocycles. The molecule has 22 heavy (non-hydrogen) atoms. The van der Waals surface area contributed by atoms with Gasteiger partial charge in [0.2, 0.25) is 0 Å². The molecule has 0 aliphatic carbocycles. The predicted molar refractivity (Wildman–Crippen MR) is 90.0 cm³/mol. The molecule has 0 bridgehead atoms. The average molecular weight is 353 g/mol. The van der Waals surface area contributed by atoms with Crippen LogP contribution in [0.2, 0.25) is 39.3 Å². The second kappa shape index (κ2) is 7.84. The van der Waals surface area contributed by atoms with Crippen LogP contribution >= 0.6 is 0 Å².